The first-order valence-electron chi connectivity index (χ1n) is 15.6. The number of halogens is 1. The summed E-state index contributed by atoms with van der Waals surface area (Å²) in [6, 6.07) is 29.1. The van der Waals surface area contributed by atoms with Gasteiger partial charge >= 0.3 is 18.2 Å². The number of benzene rings is 3. The molecule has 5 atom stereocenters. The highest BCUT2D eigenvalue weighted by Crippen LogP contribution is 2.26. The molecule has 0 bridgehead atoms. The van der Waals surface area contributed by atoms with Crippen molar-refractivity contribution in [2.75, 3.05) is 26.2 Å². The number of carbonyl (C=O) groups excluding carboxylic acids is 3. The quantitative estimate of drug-likeness (QED) is 0.279. The highest BCUT2D eigenvalue weighted by atomic mass is 35.5. The van der Waals surface area contributed by atoms with Crippen molar-refractivity contribution >= 4 is 35.0 Å². The Morgan fingerprint density at radius 3 is 1.43 bits per heavy atom. The van der Waals surface area contributed by atoms with Crippen molar-refractivity contribution in [3.05, 3.63) is 108 Å². The molecule has 2 fully saturated rings. The van der Waals surface area contributed by atoms with Gasteiger partial charge in [-0.2, -0.15) is 0 Å². The van der Waals surface area contributed by atoms with Gasteiger partial charge in [-0.15, -0.1) is 0 Å². The normalized spacial score (nSPS) is 20.5. The molecule has 0 saturated carbocycles. The third kappa shape index (κ3) is 12.0. The third-order valence-corrected chi connectivity index (χ3v) is 8.37. The van der Waals surface area contributed by atoms with Gasteiger partial charge in [0.2, 0.25) is 5.24 Å². The van der Waals surface area contributed by atoms with Crippen molar-refractivity contribution in [1.29, 1.82) is 0 Å². The van der Waals surface area contributed by atoms with Crippen LogP contribution < -0.4 is 5.73 Å². The summed E-state index contributed by atoms with van der Waals surface area (Å²) in [6.07, 6.45) is -0.837. The van der Waals surface area contributed by atoms with Crippen LogP contribution in [-0.4, -0.2) is 64.5 Å². The number of ether oxygens (including phenoxy) is 2. The number of nitrogens with zero attached hydrogens (tertiary/aromatic N) is 2. The van der Waals surface area contributed by atoms with Crippen LogP contribution in [0.25, 0.3) is 0 Å². The van der Waals surface area contributed by atoms with Crippen LogP contribution in [0.15, 0.2) is 91.0 Å². The predicted molar refractivity (Wildman–Crippen MR) is 179 cm³/mol. The highest BCUT2D eigenvalue weighted by Gasteiger charge is 2.38. The maximum Gasteiger partial charge on any atom is 0.410 e. The number of hydrogen-bond donors (Lipinski definition) is 2. The average Bonchev–Trinajstić information content (AvgIpc) is 3.67. The number of carboxylic acid groups (broad SMARTS) is 1. The molecule has 0 aliphatic carbocycles. The van der Waals surface area contributed by atoms with Crippen LogP contribution in [0.4, 0.5) is 9.59 Å². The zero-order valence-electron chi connectivity index (χ0n) is 27.0. The first-order valence-corrected chi connectivity index (χ1v) is 16.0. The Labute approximate surface area is 281 Å². The first-order chi connectivity index (χ1) is 22.5. The SMILES string of the molecule is C[C@@H](N)c1ccccc1.C[C@@H]1CN(C(=O)OCc2ccccc2)C[C@@H]1C(=O)Cl.C[C@@H]1CN(C(=O)OCc2ccccc2)C[C@@H]1C(=O)O. The van der Waals surface area contributed by atoms with E-state index in [4.69, 9.17) is 31.9 Å². The standard InChI is InChI=1S/C14H16ClNO3.C14H17NO4.C8H11N/c1-10-7-16(8-12(10)13(15)17)14(18)19-9-11-5-3-2-4-6-11;1-10-7-15(8-12(10)13(16)17)14(18)19-9-11-5-3-2-4-6-11;1-7(9)8-5-3-2-4-6-8/h2-6,10,12H,7-9H2,1H3;2-6,10,12H,7-9H2,1H3,(H,16,17);2-7H,9H2,1H3/t2*10-,12+;7-/m111/s1. The lowest BCUT2D eigenvalue weighted by molar-refractivity contribution is -0.142. The average molecular weight is 666 g/mol. The highest BCUT2D eigenvalue weighted by molar-refractivity contribution is 6.64. The molecule has 252 valence electrons. The van der Waals surface area contributed by atoms with E-state index in [1.807, 2.05) is 112 Å². The Morgan fingerprint density at radius 2 is 1.11 bits per heavy atom. The van der Waals surface area contributed by atoms with Gasteiger partial charge in [0, 0.05) is 32.2 Å². The van der Waals surface area contributed by atoms with E-state index in [1.54, 1.807) is 4.90 Å². The number of hydrogen-bond acceptors (Lipinski definition) is 7. The van der Waals surface area contributed by atoms with Crippen LogP contribution >= 0.6 is 11.6 Å². The predicted octanol–water partition coefficient (Wildman–Crippen LogP) is 6.34. The van der Waals surface area contributed by atoms with Gasteiger partial charge in [0.15, 0.2) is 0 Å². The summed E-state index contributed by atoms with van der Waals surface area (Å²) in [4.78, 5) is 48.9. The van der Waals surface area contributed by atoms with E-state index < -0.39 is 24.1 Å². The lowest BCUT2D eigenvalue weighted by Crippen LogP contribution is -2.30. The maximum absolute atomic E-state index is 11.9. The lowest BCUT2D eigenvalue weighted by Gasteiger charge is -2.15. The summed E-state index contributed by atoms with van der Waals surface area (Å²) in [7, 11) is 0. The molecule has 2 aliphatic rings. The summed E-state index contributed by atoms with van der Waals surface area (Å²) in [5, 5.41) is 8.63. The summed E-state index contributed by atoms with van der Waals surface area (Å²) in [5.41, 5.74) is 8.66. The van der Waals surface area contributed by atoms with E-state index in [0.717, 1.165) is 11.1 Å². The van der Waals surface area contributed by atoms with E-state index in [0.29, 0.717) is 19.6 Å². The fourth-order valence-electron chi connectivity index (χ4n) is 5.23. The Bertz CT molecular complexity index is 1340. The number of likely N-dealkylation sites (tertiary alicyclic amines) is 2. The fourth-order valence-corrected chi connectivity index (χ4v) is 5.51. The molecule has 11 heteroatoms. The fraction of sp³-hybridized carbons (Fsp3) is 0.389. The van der Waals surface area contributed by atoms with Crippen LogP contribution in [0, 0.1) is 23.7 Å². The van der Waals surface area contributed by atoms with Crippen LogP contribution in [0.2, 0.25) is 0 Å². The molecular formula is C36H44ClN3O7. The molecule has 2 saturated heterocycles. The number of nitrogens with two attached hydrogens (primary N) is 1. The maximum atomic E-state index is 11.9. The van der Waals surface area contributed by atoms with Gasteiger partial charge in [-0.05, 0) is 47.1 Å². The molecule has 3 aromatic rings. The van der Waals surface area contributed by atoms with Gasteiger partial charge in [-0.3, -0.25) is 9.59 Å². The van der Waals surface area contributed by atoms with E-state index in [1.165, 1.54) is 10.5 Å². The second-order valence-corrected chi connectivity index (χ2v) is 12.3. The summed E-state index contributed by atoms with van der Waals surface area (Å²) < 4.78 is 10.4. The Kier molecular flexibility index (Phi) is 14.7. The minimum Gasteiger partial charge on any atom is -0.481 e. The van der Waals surface area contributed by atoms with Crippen molar-refractivity contribution in [3.63, 3.8) is 0 Å². The van der Waals surface area contributed by atoms with Gasteiger partial charge in [0.25, 0.3) is 0 Å². The molecule has 0 unspecified atom stereocenters. The number of carbonyl (C=O) groups is 4. The van der Waals surface area contributed by atoms with E-state index in [-0.39, 0.29) is 48.8 Å². The summed E-state index contributed by atoms with van der Waals surface area (Å²) >= 11 is 5.50. The monoisotopic (exact) mass is 665 g/mol. The molecule has 2 amide bonds. The number of rotatable bonds is 7. The zero-order chi connectivity index (χ0) is 34.3. The van der Waals surface area contributed by atoms with Crippen molar-refractivity contribution in [2.24, 2.45) is 29.4 Å². The van der Waals surface area contributed by atoms with Crippen molar-refractivity contribution in [1.82, 2.24) is 9.80 Å². The third-order valence-electron chi connectivity index (χ3n) is 8.09. The van der Waals surface area contributed by atoms with Gasteiger partial charge in [0.05, 0.1) is 11.8 Å². The van der Waals surface area contributed by atoms with Gasteiger partial charge in [-0.1, -0.05) is 105 Å². The molecule has 0 radical (unpaired) electrons. The molecule has 2 aliphatic heterocycles. The number of amides is 2. The molecule has 3 aromatic carbocycles. The van der Waals surface area contributed by atoms with E-state index in [2.05, 4.69) is 0 Å². The van der Waals surface area contributed by atoms with Crippen LogP contribution in [0.1, 0.15) is 43.5 Å². The van der Waals surface area contributed by atoms with Crippen LogP contribution in [-0.2, 0) is 32.3 Å². The summed E-state index contributed by atoms with van der Waals surface area (Å²) in [5.74, 6) is -1.60. The number of aliphatic carboxylic acids is 1. The molecule has 2 heterocycles. The molecule has 5 rings (SSSR count). The molecule has 0 aromatic heterocycles. The summed E-state index contributed by atoms with van der Waals surface area (Å²) in [6.45, 7) is 7.70. The molecule has 0 spiro atoms. The second kappa shape index (κ2) is 18.7. The van der Waals surface area contributed by atoms with Crippen LogP contribution in [0.5, 0.6) is 0 Å². The van der Waals surface area contributed by atoms with Gasteiger partial charge < -0.3 is 30.1 Å². The molecule has 47 heavy (non-hydrogen) atoms. The Hall–Kier alpha value is -4.41. The second-order valence-electron chi connectivity index (χ2n) is 11.9. The largest absolute Gasteiger partial charge is 0.481 e. The topological polar surface area (TPSA) is 139 Å². The van der Waals surface area contributed by atoms with Crippen LogP contribution in [0.3, 0.4) is 0 Å². The van der Waals surface area contributed by atoms with Crippen molar-refractivity contribution in [3.8, 4) is 0 Å². The van der Waals surface area contributed by atoms with Gasteiger partial charge in [-0.25, -0.2) is 9.59 Å². The minimum absolute atomic E-state index is 0.0400. The Balaban J connectivity index is 0.000000204. The van der Waals surface area contributed by atoms with Crippen molar-refractivity contribution < 1.29 is 33.8 Å². The Morgan fingerprint density at radius 1 is 0.723 bits per heavy atom. The zero-order valence-corrected chi connectivity index (χ0v) is 27.8. The first kappa shape index (κ1) is 37.1. The molecule has 3 N–H and O–H groups in total. The van der Waals surface area contributed by atoms with E-state index >= 15 is 0 Å². The van der Waals surface area contributed by atoms with E-state index in [9.17, 15) is 19.2 Å². The molecule has 10 nitrogen and oxygen atoms in total. The molecular weight excluding hydrogens is 622 g/mol. The smallest absolute Gasteiger partial charge is 0.410 e. The van der Waals surface area contributed by atoms with Gasteiger partial charge in [0.1, 0.15) is 13.2 Å². The number of carboxylic acids is 1. The van der Waals surface area contributed by atoms with Crippen molar-refractivity contribution in [2.45, 2.75) is 40.0 Å². The lowest BCUT2D eigenvalue weighted by atomic mass is 9.99. The minimum atomic E-state index is -0.856.